The van der Waals surface area contributed by atoms with E-state index in [0.29, 0.717) is 24.2 Å². The highest BCUT2D eigenvalue weighted by atomic mass is 16.2. The Bertz CT molecular complexity index is 805. The molecule has 24 heavy (non-hydrogen) atoms. The van der Waals surface area contributed by atoms with Gasteiger partial charge >= 0.3 is 0 Å². The zero-order chi connectivity index (χ0) is 16.7. The normalized spacial score (nSPS) is 26.5. The van der Waals surface area contributed by atoms with E-state index >= 15 is 0 Å². The van der Waals surface area contributed by atoms with Crippen molar-refractivity contribution in [1.29, 1.82) is 0 Å². The Kier molecular flexibility index (Phi) is 3.46. The minimum atomic E-state index is -0.607. The minimum absolute atomic E-state index is 0.0511. The second kappa shape index (κ2) is 5.53. The quantitative estimate of drug-likeness (QED) is 0.918. The first-order valence-corrected chi connectivity index (χ1v) is 8.14. The van der Waals surface area contributed by atoms with E-state index in [1.165, 1.54) is 0 Å². The number of pyridine rings is 1. The van der Waals surface area contributed by atoms with Crippen LogP contribution in [0, 0.1) is 5.41 Å². The van der Waals surface area contributed by atoms with Crippen LogP contribution >= 0.6 is 0 Å². The summed E-state index contributed by atoms with van der Waals surface area (Å²) in [5.41, 5.74) is 1.52. The molecule has 2 aliphatic rings. The minimum Gasteiger partial charge on any atom is -0.347 e. The summed E-state index contributed by atoms with van der Waals surface area (Å²) in [6, 6.07) is 10.9. The molecule has 0 bridgehead atoms. The molecular weight excluding hydrogens is 302 g/mol. The molecule has 3 heterocycles. The van der Waals surface area contributed by atoms with Crippen molar-refractivity contribution < 1.29 is 9.59 Å². The SMILES string of the molecule is C[C@]12CN(Cc3cccnc3)C[C@H]1NC(=O)c1ccccc1C2=O. The lowest BCUT2D eigenvalue weighted by Gasteiger charge is -2.27. The largest absolute Gasteiger partial charge is 0.347 e. The summed E-state index contributed by atoms with van der Waals surface area (Å²) in [4.78, 5) is 32.0. The van der Waals surface area contributed by atoms with E-state index in [2.05, 4.69) is 15.2 Å². The van der Waals surface area contributed by atoms with Gasteiger partial charge in [-0.05, 0) is 24.6 Å². The highest BCUT2D eigenvalue weighted by molar-refractivity contribution is 6.12. The number of fused-ring (bicyclic) bond motifs is 2. The van der Waals surface area contributed by atoms with Crippen molar-refractivity contribution in [1.82, 2.24) is 15.2 Å². The standard InChI is InChI=1S/C19H19N3O2/c1-19-12-22(10-13-5-4-8-20-9-13)11-16(19)21-18(24)15-7-3-2-6-14(15)17(19)23/h2-9,16H,10-12H2,1H3,(H,21,24)/t16-,19+/m1/s1. The van der Waals surface area contributed by atoms with Crippen molar-refractivity contribution in [2.75, 3.05) is 13.1 Å². The van der Waals surface area contributed by atoms with Gasteiger partial charge in [0.05, 0.1) is 17.0 Å². The molecule has 2 aliphatic heterocycles. The number of nitrogens with one attached hydrogen (secondary N) is 1. The first kappa shape index (κ1) is 15.0. The third-order valence-corrected chi connectivity index (χ3v) is 5.13. The van der Waals surface area contributed by atoms with Crippen molar-refractivity contribution in [3.63, 3.8) is 0 Å². The maximum atomic E-state index is 13.2. The number of carbonyl (C=O) groups excluding carboxylic acids is 2. The summed E-state index contributed by atoms with van der Waals surface area (Å²) in [5, 5.41) is 3.07. The van der Waals surface area contributed by atoms with E-state index in [1.54, 1.807) is 24.4 Å². The van der Waals surface area contributed by atoms with Crippen LogP contribution in [-0.2, 0) is 6.54 Å². The molecule has 0 saturated carbocycles. The fourth-order valence-electron chi connectivity index (χ4n) is 3.83. The fourth-order valence-corrected chi connectivity index (χ4v) is 3.83. The van der Waals surface area contributed by atoms with Crippen LogP contribution < -0.4 is 5.32 Å². The fraction of sp³-hybridized carbons (Fsp3) is 0.316. The van der Waals surface area contributed by atoms with E-state index in [9.17, 15) is 9.59 Å². The molecule has 122 valence electrons. The second-order valence-electron chi connectivity index (χ2n) is 6.85. The second-order valence-corrected chi connectivity index (χ2v) is 6.85. The molecule has 1 saturated heterocycles. The number of carbonyl (C=O) groups is 2. The molecule has 0 spiro atoms. The predicted octanol–water partition coefficient (Wildman–Crippen LogP) is 1.90. The summed E-state index contributed by atoms with van der Waals surface area (Å²) in [5.74, 6) is -0.106. The van der Waals surface area contributed by atoms with Gasteiger partial charge in [-0.25, -0.2) is 0 Å². The zero-order valence-electron chi connectivity index (χ0n) is 13.5. The lowest BCUT2D eigenvalue weighted by molar-refractivity contribution is 0.0789. The Morgan fingerprint density at radius 3 is 2.75 bits per heavy atom. The van der Waals surface area contributed by atoms with Gasteiger partial charge < -0.3 is 5.32 Å². The number of ketones is 1. The number of aromatic nitrogens is 1. The summed E-state index contributed by atoms with van der Waals surface area (Å²) in [6.45, 7) is 3.98. The Morgan fingerprint density at radius 2 is 2.00 bits per heavy atom. The number of hydrogen-bond acceptors (Lipinski definition) is 4. The third kappa shape index (κ3) is 2.32. The number of amides is 1. The molecule has 1 aromatic heterocycles. The van der Waals surface area contributed by atoms with Gasteiger partial charge in [0.15, 0.2) is 5.78 Å². The van der Waals surface area contributed by atoms with Gasteiger partial charge in [0.2, 0.25) is 0 Å². The molecule has 1 aromatic carbocycles. The molecule has 1 N–H and O–H groups in total. The number of Topliss-reactive ketones (excluding diaryl/α,β-unsaturated/α-hetero) is 1. The van der Waals surface area contributed by atoms with E-state index in [4.69, 9.17) is 0 Å². The molecule has 1 fully saturated rings. The molecular formula is C19H19N3O2. The molecule has 0 radical (unpaired) electrons. The molecule has 0 aliphatic carbocycles. The summed E-state index contributed by atoms with van der Waals surface area (Å²) in [6.07, 6.45) is 3.59. The smallest absolute Gasteiger partial charge is 0.252 e. The zero-order valence-corrected chi connectivity index (χ0v) is 13.5. The Balaban J connectivity index is 1.65. The van der Waals surface area contributed by atoms with Gasteiger partial charge in [-0.2, -0.15) is 0 Å². The van der Waals surface area contributed by atoms with Crippen molar-refractivity contribution in [3.05, 3.63) is 65.5 Å². The number of benzene rings is 1. The number of likely N-dealkylation sites (tertiary alicyclic amines) is 1. The Hall–Kier alpha value is -2.53. The van der Waals surface area contributed by atoms with E-state index < -0.39 is 5.41 Å². The van der Waals surface area contributed by atoms with Gasteiger partial charge in [0, 0.05) is 37.6 Å². The first-order valence-electron chi connectivity index (χ1n) is 8.14. The number of nitrogens with zero attached hydrogens (tertiary/aromatic N) is 2. The lowest BCUT2D eigenvalue weighted by atomic mass is 9.78. The van der Waals surface area contributed by atoms with Gasteiger partial charge in [-0.15, -0.1) is 0 Å². The molecule has 1 amide bonds. The van der Waals surface area contributed by atoms with Crippen LogP contribution in [0.3, 0.4) is 0 Å². The molecule has 2 atom stereocenters. The molecule has 0 unspecified atom stereocenters. The average molecular weight is 321 g/mol. The summed E-state index contributed by atoms with van der Waals surface area (Å²) >= 11 is 0. The highest BCUT2D eigenvalue weighted by Gasteiger charge is 2.51. The van der Waals surface area contributed by atoms with Crippen LogP contribution in [-0.4, -0.2) is 40.7 Å². The van der Waals surface area contributed by atoms with Crippen molar-refractivity contribution in [3.8, 4) is 0 Å². The van der Waals surface area contributed by atoms with Crippen molar-refractivity contribution in [2.45, 2.75) is 19.5 Å². The Morgan fingerprint density at radius 1 is 1.21 bits per heavy atom. The van der Waals surface area contributed by atoms with E-state index in [-0.39, 0.29) is 17.7 Å². The van der Waals surface area contributed by atoms with Crippen LogP contribution in [0.2, 0.25) is 0 Å². The van der Waals surface area contributed by atoms with Crippen LogP contribution in [0.25, 0.3) is 0 Å². The van der Waals surface area contributed by atoms with Crippen LogP contribution in [0.5, 0.6) is 0 Å². The molecule has 5 nitrogen and oxygen atoms in total. The van der Waals surface area contributed by atoms with Gasteiger partial charge in [0.25, 0.3) is 5.91 Å². The van der Waals surface area contributed by atoms with Gasteiger partial charge in [-0.1, -0.05) is 24.3 Å². The predicted molar refractivity (Wildman–Crippen MR) is 89.6 cm³/mol. The molecule has 5 heteroatoms. The lowest BCUT2D eigenvalue weighted by Crippen LogP contribution is -2.47. The molecule has 4 rings (SSSR count). The monoisotopic (exact) mass is 321 g/mol. The van der Waals surface area contributed by atoms with Crippen LogP contribution in [0.15, 0.2) is 48.8 Å². The van der Waals surface area contributed by atoms with Crippen molar-refractivity contribution >= 4 is 11.7 Å². The van der Waals surface area contributed by atoms with Crippen molar-refractivity contribution in [2.24, 2.45) is 5.41 Å². The average Bonchev–Trinajstić information content (AvgIpc) is 2.88. The van der Waals surface area contributed by atoms with Crippen LogP contribution in [0.1, 0.15) is 33.2 Å². The molecule has 2 aromatic rings. The van der Waals surface area contributed by atoms with Crippen LogP contribution in [0.4, 0.5) is 0 Å². The summed E-state index contributed by atoms with van der Waals surface area (Å²) < 4.78 is 0. The highest BCUT2D eigenvalue weighted by Crippen LogP contribution is 2.37. The topological polar surface area (TPSA) is 62.3 Å². The first-order chi connectivity index (χ1) is 11.6. The van der Waals surface area contributed by atoms with E-state index in [0.717, 1.165) is 12.1 Å². The van der Waals surface area contributed by atoms with Gasteiger partial charge in [0.1, 0.15) is 0 Å². The number of rotatable bonds is 2. The maximum absolute atomic E-state index is 13.2. The Labute approximate surface area is 140 Å². The van der Waals surface area contributed by atoms with E-state index in [1.807, 2.05) is 31.3 Å². The third-order valence-electron chi connectivity index (χ3n) is 5.13. The van der Waals surface area contributed by atoms with Gasteiger partial charge in [-0.3, -0.25) is 19.5 Å². The summed E-state index contributed by atoms with van der Waals surface area (Å²) in [7, 11) is 0. The number of hydrogen-bond donors (Lipinski definition) is 1. The maximum Gasteiger partial charge on any atom is 0.252 e.